The van der Waals surface area contributed by atoms with E-state index in [1.807, 2.05) is 34.6 Å². The van der Waals surface area contributed by atoms with Crippen LogP contribution in [-0.2, 0) is 14.0 Å². The van der Waals surface area contributed by atoms with Crippen LogP contribution in [0.5, 0.6) is 0 Å². The molecule has 0 rings (SSSR count). The zero-order chi connectivity index (χ0) is 13.7. The second-order valence-corrected chi connectivity index (χ2v) is 7.48. The number of ether oxygens (including phenoxy) is 2. The molecule has 0 amide bonds. The molecule has 0 radical (unpaired) electrons. The Hall–Kier alpha value is 0.0700. The molecule has 0 saturated carbocycles. The van der Waals surface area contributed by atoms with Crippen LogP contribution in [0.25, 0.3) is 0 Å². The predicted octanol–water partition coefficient (Wildman–Crippen LogP) is 2.16. The van der Waals surface area contributed by atoms with Crippen molar-refractivity contribution in [1.82, 2.24) is 0 Å². The molecule has 17 heavy (non-hydrogen) atoms. The summed E-state index contributed by atoms with van der Waals surface area (Å²) in [5.74, 6) is 0. The van der Waals surface area contributed by atoms with Gasteiger partial charge < -0.3 is 19.3 Å². The van der Waals surface area contributed by atoms with E-state index in [9.17, 15) is 4.57 Å². The van der Waals surface area contributed by atoms with Crippen LogP contribution in [-0.4, -0.2) is 40.4 Å². The second-order valence-electron chi connectivity index (χ2n) is 5.71. The number of hydrogen-bond donors (Lipinski definition) is 2. The summed E-state index contributed by atoms with van der Waals surface area (Å²) in [5.41, 5.74) is -0.609. The molecule has 0 aliphatic carbocycles. The van der Waals surface area contributed by atoms with Crippen molar-refractivity contribution >= 4 is 7.60 Å². The summed E-state index contributed by atoms with van der Waals surface area (Å²) in [6.07, 6.45) is 0.446. The monoisotopic (exact) mass is 268 g/mol. The molecule has 0 atom stereocenters. The van der Waals surface area contributed by atoms with Crippen molar-refractivity contribution in [3.05, 3.63) is 0 Å². The van der Waals surface area contributed by atoms with Gasteiger partial charge in [-0.05, 0) is 41.0 Å². The molecule has 0 saturated heterocycles. The fourth-order valence-corrected chi connectivity index (χ4v) is 1.45. The largest absolute Gasteiger partial charge is 0.376 e. The van der Waals surface area contributed by atoms with E-state index in [2.05, 4.69) is 0 Å². The highest BCUT2D eigenvalue weighted by Gasteiger charge is 2.22. The Labute approximate surface area is 104 Å². The fourth-order valence-electron chi connectivity index (χ4n) is 1.12. The Bertz CT molecular complexity index is 264. The molecule has 0 spiro atoms. The summed E-state index contributed by atoms with van der Waals surface area (Å²) in [4.78, 5) is 17.4. The maximum atomic E-state index is 10.7. The highest BCUT2D eigenvalue weighted by Crippen LogP contribution is 2.34. The second kappa shape index (κ2) is 6.30. The molecule has 0 aromatic carbocycles. The molecule has 0 aliphatic rings. The van der Waals surface area contributed by atoms with Crippen LogP contribution in [0, 0.1) is 0 Å². The van der Waals surface area contributed by atoms with E-state index >= 15 is 0 Å². The molecule has 0 unspecified atom stereocenters. The lowest BCUT2D eigenvalue weighted by Gasteiger charge is -2.27. The Morgan fingerprint density at radius 3 is 1.94 bits per heavy atom. The molecule has 0 bridgehead atoms. The lowest BCUT2D eigenvalue weighted by Crippen LogP contribution is -2.30. The Morgan fingerprint density at radius 1 is 1.00 bits per heavy atom. The van der Waals surface area contributed by atoms with Crippen LogP contribution in [0.3, 0.4) is 0 Å². The van der Waals surface area contributed by atoms with Crippen LogP contribution in [0.15, 0.2) is 0 Å². The zero-order valence-corrected chi connectivity index (χ0v) is 12.3. The van der Waals surface area contributed by atoms with Crippen molar-refractivity contribution in [2.75, 3.05) is 19.4 Å². The summed E-state index contributed by atoms with van der Waals surface area (Å²) in [6, 6.07) is 0. The molecule has 6 heteroatoms. The fraction of sp³-hybridized carbons (Fsp3) is 1.00. The van der Waals surface area contributed by atoms with Gasteiger partial charge in [0.15, 0.2) is 0 Å². The Balaban J connectivity index is 3.84. The summed E-state index contributed by atoms with van der Waals surface area (Å²) in [5, 5.41) is 0. The standard InChI is InChI=1S/C11H25O5P/c1-10(2,3)15-7-6-11(4,5)16-8-9-17(12,13)14/h6-9H2,1-5H3,(H2,12,13,14). The highest BCUT2D eigenvalue weighted by molar-refractivity contribution is 7.51. The molecular formula is C11H25O5P. The van der Waals surface area contributed by atoms with Gasteiger partial charge in [0, 0.05) is 6.61 Å². The third-order valence-electron chi connectivity index (χ3n) is 2.11. The molecule has 0 fully saturated rings. The van der Waals surface area contributed by atoms with Gasteiger partial charge in [-0.2, -0.15) is 0 Å². The van der Waals surface area contributed by atoms with Gasteiger partial charge in [-0.1, -0.05) is 0 Å². The number of rotatable bonds is 7. The zero-order valence-electron chi connectivity index (χ0n) is 11.4. The molecule has 0 aliphatic heterocycles. The molecular weight excluding hydrogens is 243 g/mol. The minimum absolute atomic E-state index is 0.0623. The molecule has 2 N–H and O–H groups in total. The Morgan fingerprint density at radius 2 is 1.53 bits per heavy atom. The van der Waals surface area contributed by atoms with E-state index < -0.39 is 13.2 Å². The quantitative estimate of drug-likeness (QED) is 0.692. The van der Waals surface area contributed by atoms with Crippen LogP contribution < -0.4 is 0 Å². The van der Waals surface area contributed by atoms with Gasteiger partial charge in [-0.15, -0.1) is 0 Å². The molecule has 5 nitrogen and oxygen atoms in total. The van der Waals surface area contributed by atoms with E-state index in [0.29, 0.717) is 13.0 Å². The van der Waals surface area contributed by atoms with Crippen LogP contribution in [0.2, 0.25) is 0 Å². The Kier molecular flexibility index (Phi) is 6.33. The summed E-state index contributed by atoms with van der Waals surface area (Å²) in [6.45, 7) is 10.3. The van der Waals surface area contributed by atoms with Crippen molar-refractivity contribution in [1.29, 1.82) is 0 Å². The normalized spacial score (nSPS) is 14.1. The summed E-state index contributed by atoms with van der Waals surface area (Å²) < 4.78 is 21.7. The first-order valence-electron chi connectivity index (χ1n) is 5.74. The summed E-state index contributed by atoms with van der Waals surface area (Å²) in [7, 11) is -3.96. The van der Waals surface area contributed by atoms with E-state index in [1.54, 1.807) is 0 Å². The molecule has 0 heterocycles. The average Bonchev–Trinajstić information content (AvgIpc) is 1.96. The van der Waals surface area contributed by atoms with Gasteiger partial charge >= 0.3 is 7.60 Å². The van der Waals surface area contributed by atoms with Gasteiger partial charge in [-0.3, -0.25) is 4.57 Å². The summed E-state index contributed by atoms with van der Waals surface area (Å²) >= 11 is 0. The van der Waals surface area contributed by atoms with Crippen molar-refractivity contribution in [2.24, 2.45) is 0 Å². The topological polar surface area (TPSA) is 76.0 Å². The third-order valence-corrected chi connectivity index (χ3v) is 2.88. The van der Waals surface area contributed by atoms with Crippen molar-refractivity contribution in [3.8, 4) is 0 Å². The van der Waals surface area contributed by atoms with Gasteiger partial charge in [0.1, 0.15) is 0 Å². The van der Waals surface area contributed by atoms with Crippen LogP contribution in [0.1, 0.15) is 41.0 Å². The first-order chi connectivity index (χ1) is 7.41. The maximum Gasteiger partial charge on any atom is 0.327 e. The van der Waals surface area contributed by atoms with Crippen molar-refractivity contribution in [3.63, 3.8) is 0 Å². The highest BCUT2D eigenvalue weighted by atomic mass is 31.2. The maximum absolute atomic E-state index is 10.7. The first kappa shape index (κ1) is 17.1. The van der Waals surface area contributed by atoms with Crippen LogP contribution in [0.4, 0.5) is 0 Å². The van der Waals surface area contributed by atoms with E-state index in [1.165, 1.54) is 0 Å². The van der Waals surface area contributed by atoms with E-state index in [-0.39, 0.29) is 18.4 Å². The van der Waals surface area contributed by atoms with Gasteiger partial charge in [0.05, 0.1) is 24.0 Å². The van der Waals surface area contributed by atoms with Gasteiger partial charge in [0.25, 0.3) is 0 Å². The minimum atomic E-state index is -3.96. The van der Waals surface area contributed by atoms with E-state index in [0.717, 1.165) is 0 Å². The van der Waals surface area contributed by atoms with E-state index in [4.69, 9.17) is 19.3 Å². The van der Waals surface area contributed by atoms with Gasteiger partial charge in [0.2, 0.25) is 0 Å². The molecule has 0 aromatic heterocycles. The predicted molar refractivity (Wildman–Crippen MR) is 67.3 cm³/mol. The lowest BCUT2D eigenvalue weighted by molar-refractivity contribution is -0.0628. The first-order valence-corrected chi connectivity index (χ1v) is 7.54. The smallest absolute Gasteiger partial charge is 0.327 e. The average molecular weight is 268 g/mol. The third kappa shape index (κ3) is 12.3. The SMILES string of the molecule is CC(C)(C)OCCC(C)(C)OCCP(=O)(O)O. The molecule has 104 valence electrons. The minimum Gasteiger partial charge on any atom is -0.376 e. The van der Waals surface area contributed by atoms with Crippen LogP contribution >= 0.6 is 7.60 Å². The van der Waals surface area contributed by atoms with Crippen molar-refractivity contribution < 1.29 is 23.8 Å². The van der Waals surface area contributed by atoms with Gasteiger partial charge in [-0.25, -0.2) is 0 Å². The van der Waals surface area contributed by atoms with Crippen molar-refractivity contribution in [2.45, 2.75) is 52.2 Å². The number of hydrogen-bond acceptors (Lipinski definition) is 3. The molecule has 0 aromatic rings. The lowest BCUT2D eigenvalue weighted by atomic mass is 10.1.